The highest BCUT2D eigenvalue weighted by molar-refractivity contribution is 7.99. The fourth-order valence-electron chi connectivity index (χ4n) is 2.82. The minimum Gasteiger partial charge on any atom is -0.482 e. The lowest BCUT2D eigenvalue weighted by Gasteiger charge is -2.16. The van der Waals surface area contributed by atoms with E-state index in [-0.39, 0.29) is 17.8 Å². The molecule has 1 unspecified atom stereocenters. The van der Waals surface area contributed by atoms with Gasteiger partial charge in [0.15, 0.2) is 17.1 Å². The van der Waals surface area contributed by atoms with Gasteiger partial charge in [0, 0.05) is 17.8 Å². The number of benzene rings is 2. The van der Waals surface area contributed by atoms with Gasteiger partial charge in [-0.2, -0.15) is 0 Å². The van der Waals surface area contributed by atoms with Crippen molar-refractivity contribution in [3.8, 4) is 5.75 Å². The number of nitrogens with zero attached hydrogens (tertiary/aromatic N) is 3. The summed E-state index contributed by atoms with van der Waals surface area (Å²) in [6.45, 7) is 5.82. The number of hydrogen-bond acceptors (Lipinski definition) is 5. The zero-order valence-electron chi connectivity index (χ0n) is 16.8. The van der Waals surface area contributed by atoms with Crippen LogP contribution in [-0.4, -0.2) is 26.4 Å². The zero-order chi connectivity index (χ0) is 21.0. The Morgan fingerprint density at radius 2 is 1.97 bits per heavy atom. The molecule has 152 valence electrons. The number of amides is 1. The molecule has 3 aromatic rings. The molecule has 6 nitrogen and oxygen atoms in total. The number of carbonyl (C=O) groups excluding carboxylic acids is 1. The van der Waals surface area contributed by atoms with E-state index in [2.05, 4.69) is 15.5 Å². The average molecular weight is 431 g/mol. The number of para-hydroxylation sites is 1. The molecule has 3 rings (SSSR count). The van der Waals surface area contributed by atoms with Crippen LogP contribution in [0.3, 0.4) is 0 Å². The first-order valence-electron chi connectivity index (χ1n) is 9.15. The Kier molecular flexibility index (Phi) is 6.82. The van der Waals surface area contributed by atoms with Crippen LogP contribution < -0.4 is 10.1 Å². The summed E-state index contributed by atoms with van der Waals surface area (Å²) in [7, 11) is 1.87. The number of nitrogens with one attached hydrogen (secondary N) is 1. The van der Waals surface area contributed by atoms with Gasteiger partial charge in [-0.25, -0.2) is 0 Å². The Bertz CT molecular complexity index is 1020. The molecule has 0 aliphatic carbocycles. The smallest absolute Gasteiger partial charge is 0.234 e. The molecule has 0 bridgehead atoms. The predicted octanol–water partition coefficient (Wildman–Crippen LogP) is 4.96. The van der Waals surface area contributed by atoms with Crippen molar-refractivity contribution in [1.29, 1.82) is 0 Å². The Balaban J connectivity index is 1.61. The molecule has 0 spiro atoms. The largest absolute Gasteiger partial charge is 0.482 e. The van der Waals surface area contributed by atoms with Crippen LogP contribution in [0, 0.1) is 13.8 Å². The SMILES string of the molecule is Cc1ccccc1NC(=O)CSc1nnc(C(C)Oc2ccc(Cl)cc2C)n1C. The van der Waals surface area contributed by atoms with Crippen molar-refractivity contribution < 1.29 is 9.53 Å². The van der Waals surface area contributed by atoms with Crippen molar-refractivity contribution in [2.45, 2.75) is 32.0 Å². The van der Waals surface area contributed by atoms with Gasteiger partial charge in [-0.3, -0.25) is 4.79 Å². The molecule has 2 aromatic carbocycles. The Hall–Kier alpha value is -2.51. The summed E-state index contributed by atoms with van der Waals surface area (Å²) in [4.78, 5) is 12.3. The third-order valence-corrected chi connectivity index (χ3v) is 5.68. The normalized spacial score (nSPS) is 11.9. The van der Waals surface area contributed by atoms with Crippen LogP contribution in [0.15, 0.2) is 47.6 Å². The van der Waals surface area contributed by atoms with Crippen molar-refractivity contribution >= 4 is 35.0 Å². The molecule has 0 saturated heterocycles. The molecular weight excluding hydrogens is 408 g/mol. The van der Waals surface area contributed by atoms with Crippen LogP contribution in [0.1, 0.15) is 30.0 Å². The molecule has 1 N–H and O–H groups in total. The van der Waals surface area contributed by atoms with Gasteiger partial charge in [0.25, 0.3) is 0 Å². The highest BCUT2D eigenvalue weighted by Gasteiger charge is 2.19. The van der Waals surface area contributed by atoms with Gasteiger partial charge in [-0.1, -0.05) is 41.6 Å². The summed E-state index contributed by atoms with van der Waals surface area (Å²) in [5, 5.41) is 12.7. The number of thioether (sulfide) groups is 1. The summed E-state index contributed by atoms with van der Waals surface area (Å²) >= 11 is 7.34. The molecule has 1 heterocycles. The van der Waals surface area contributed by atoms with Crippen LogP contribution in [0.2, 0.25) is 5.02 Å². The van der Waals surface area contributed by atoms with E-state index in [0.717, 1.165) is 22.6 Å². The minimum absolute atomic E-state index is 0.0880. The van der Waals surface area contributed by atoms with Crippen LogP contribution in [0.25, 0.3) is 0 Å². The number of rotatable bonds is 7. The summed E-state index contributed by atoms with van der Waals surface area (Å²) in [5.41, 5.74) is 2.79. The van der Waals surface area contributed by atoms with Gasteiger partial charge in [0.05, 0.1) is 5.75 Å². The number of carbonyl (C=O) groups is 1. The molecule has 29 heavy (non-hydrogen) atoms. The van der Waals surface area contributed by atoms with Crippen molar-refractivity contribution in [3.05, 3.63) is 64.4 Å². The van der Waals surface area contributed by atoms with Gasteiger partial charge >= 0.3 is 0 Å². The predicted molar refractivity (Wildman–Crippen MR) is 117 cm³/mol. The summed E-state index contributed by atoms with van der Waals surface area (Å²) in [6, 6.07) is 13.2. The van der Waals surface area contributed by atoms with Gasteiger partial charge in [-0.15, -0.1) is 10.2 Å². The van der Waals surface area contributed by atoms with E-state index in [1.54, 1.807) is 6.07 Å². The molecule has 1 amide bonds. The second-order valence-corrected chi connectivity index (χ2v) is 8.10. The van der Waals surface area contributed by atoms with E-state index < -0.39 is 0 Å². The zero-order valence-corrected chi connectivity index (χ0v) is 18.3. The molecule has 0 saturated carbocycles. The van der Waals surface area contributed by atoms with Crippen molar-refractivity contribution in [2.75, 3.05) is 11.1 Å². The van der Waals surface area contributed by atoms with E-state index in [9.17, 15) is 4.79 Å². The van der Waals surface area contributed by atoms with Gasteiger partial charge in [-0.05, 0) is 56.2 Å². The third kappa shape index (κ3) is 5.31. The van der Waals surface area contributed by atoms with E-state index >= 15 is 0 Å². The highest BCUT2D eigenvalue weighted by atomic mass is 35.5. The lowest BCUT2D eigenvalue weighted by molar-refractivity contribution is -0.113. The summed E-state index contributed by atoms with van der Waals surface area (Å²) in [5.74, 6) is 1.58. The average Bonchev–Trinajstić information content (AvgIpc) is 3.05. The number of hydrogen-bond donors (Lipinski definition) is 1. The standard InChI is InChI=1S/C21H23ClN4O2S/c1-13-7-5-6-8-17(13)23-19(27)12-29-21-25-24-20(26(21)4)15(3)28-18-10-9-16(22)11-14(18)2/h5-11,15H,12H2,1-4H3,(H,23,27). The first kappa shape index (κ1) is 21.2. The van der Waals surface area contributed by atoms with Crippen LogP contribution in [-0.2, 0) is 11.8 Å². The number of halogens is 1. The van der Waals surface area contributed by atoms with Gasteiger partial charge in [0.2, 0.25) is 5.91 Å². The Morgan fingerprint density at radius 1 is 1.21 bits per heavy atom. The van der Waals surface area contributed by atoms with E-state index in [1.807, 2.05) is 68.8 Å². The first-order valence-corrected chi connectivity index (χ1v) is 10.5. The van der Waals surface area contributed by atoms with E-state index in [1.165, 1.54) is 11.8 Å². The number of anilines is 1. The number of aryl methyl sites for hydroxylation is 2. The van der Waals surface area contributed by atoms with Crippen LogP contribution in [0.5, 0.6) is 5.75 Å². The number of ether oxygens (including phenoxy) is 1. The lowest BCUT2D eigenvalue weighted by Crippen LogP contribution is -2.15. The maximum absolute atomic E-state index is 12.3. The molecule has 0 fully saturated rings. The summed E-state index contributed by atoms with van der Waals surface area (Å²) < 4.78 is 7.88. The van der Waals surface area contributed by atoms with Gasteiger partial charge < -0.3 is 14.6 Å². The highest BCUT2D eigenvalue weighted by Crippen LogP contribution is 2.27. The maximum Gasteiger partial charge on any atom is 0.234 e. The lowest BCUT2D eigenvalue weighted by atomic mass is 10.2. The third-order valence-electron chi connectivity index (χ3n) is 4.42. The first-order chi connectivity index (χ1) is 13.8. The van der Waals surface area contributed by atoms with Crippen molar-refractivity contribution in [2.24, 2.45) is 7.05 Å². The van der Waals surface area contributed by atoms with E-state index in [0.29, 0.717) is 16.0 Å². The number of aromatic nitrogens is 3. The molecule has 0 radical (unpaired) electrons. The van der Waals surface area contributed by atoms with Gasteiger partial charge in [0.1, 0.15) is 5.75 Å². The second kappa shape index (κ2) is 9.33. The Labute approximate surface area is 179 Å². The second-order valence-electron chi connectivity index (χ2n) is 6.72. The Morgan fingerprint density at radius 3 is 2.69 bits per heavy atom. The van der Waals surface area contributed by atoms with Crippen LogP contribution in [0.4, 0.5) is 5.69 Å². The van der Waals surface area contributed by atoms with E-state index in [4.69, 9.17) is 16.3 Å². The van der Waals surface area contributed by atoms with Crippen molar-refractivity contribution in [1.82, 2.24) is 14.8 Å². The molecular formula is C21H23ClN4O2S. The van der Waals surface area contributed by atoms with Crippen molar-refractivity contribution in [3.63, 3.8) is 0 Å². The fraction of sp³-hybridized carbons (Fsp3) is 0.286. The molecule has 0 aliphatic rings. The van der Waals surface area contributed by atoms with Crippen LogP contribution >= 0.6 is 23.4 Å². The maximum atomic E-state index is 12.3. The minimum atomic E-state index is -0.303. The quantitative estimate of drug-likeness (QED) is 0.536. The summed E-state index contributed by atoms with van der Waals surface area (Å²) in [6.07, 6.45) is -0.303. The molecule has 1 aromatic heterocycles. The fourth-order valence-corrected chi connectivity index (χ4v) is 3.77. The topological polar surface area (TPSA) is 69.0 Å². The molecule has 8 heteroatoms. The monoisotopic (exact) mass is 430 g/mol. The molecule has 1 atom stereocenters. The molecule has 0 aliphatic heterocycles.